The summed E-state index contributed by atoms with van der Waals surface area (Å²) >= 11 is 0. The van der Waals surface area contributed by atoms with Gasteiger partial charge in [-0.3, -0.25) is 0 Å². The van der Waals surface area contributed by atoms with E-state index in [1.54, 1.807) is 12.1 Å². The molecule has 1 aliphatic carbocycles. The van der Waals surface area contributed by atoms with Crippen molar-refractivity contribution in [2.24, 2.45) is 0 Å². The molecule has 2 fully saturated rings. The van der Waals surface area contributed by atoms with Crippen molar-refractivity contribution in [2.75, 3.05) is 18.0 Å². The van der Waals surface area contributed by atoms with Gasteiger partial charge in [-0.05, 0) is 43.5 Å². The molecule has 2 atom stereocenters. The number of piperazine rings is 1. The van der Waals surface area contributed by atoms with E-state index in [1.165, 1.54) is 25.0 Å². The summed E-state index contributed by atoms with van der Waals surface area (Å²) in [6.07, 6.45) is -0.766. The van der Waals surface area contributed by atoms with Gasteiger partial charge in [0.05, 0.1) is 5.56 Å². The smallest absolute Gasteiger partial charge is 0.366 e. The zero-order valence-corrected chi connectivity index (χ0v) is 10.6. The van der Waals surface area contributed by atoms with Crippen LogP contribution in [-0.4, -0.2) is 25.2 Å². The Morgan fingerprint density at radius 2 is 1.84 bits per heavy atom. The number of benzene rings is 1. The van der Waals surface area contributed by atoms with E-state index >= 15 is 0 Å². The predicted octanol–water partition coefficient (Wildman–Crippen LogP) is 3.04. The molecule has 104 valence electrons. The minimum absolute atomic E-state index is 0.436. The Morgan fingerprint density at radius 1 is 1.11 bits per heavy atom. The molecule has 1 saturated carbocycles. The Kier molecular flexibility index (Phi) is 3.17. The molecule has 3 rings (SSSR count). The number of rotatable bonds is 1. The molecule has 1 N–H and O–H groups in total. The van der Waals surface area contributed by atoms with E-state index in [1.807, 2.05) is 0 Å². The first-order valence-electron chi connectivity index (χ1n) is 6.73. The van der Waals surface area contributed by atoms with Crippen LogP contribution >= 0.6 is 0 Å². The van der Waals surface area contributed by atoms with Crippen LogP contribution in [0.4, 0.5) is 18.9 Å². The zero-order valence-electron chi connectivity index (χ0n) is 10.6. The second-order valence-corrected chi connectivity index (χ2v) is 5.30. The quantitative estimate of drug-likeness (QED) is 0.844. The van der Waals surface area contributed by atoms with Crippen LogP contribution in [0.2, 0.25) is 0 Å². The van der Waals surface area contributed by atoms with E-state index in [9.17, 15) is 13.2 Å². The van der Waals surface area contributed by atoms with Crippen LogP contribution in [0.3, 0.4) is 0 Å². The number of fused-ring (bicyclic) bond motifs is 1. The van der Waals surface area contributed by atoms with Crippen molar-refractivity contribution in [3.8, 4) is 0 Å². The molecule has 5 heteroatoms. The molecular formula is C14H17F3N2. The van der Waals surface area contributed by atoms with E-state index in [2.05, 4.69) is 10.2 Å². The van der Waals surface area contributed by atoms with Gasteiger partial charge in [-0.25, -0.2) is 0 Å². The third-order valence-electron chi connectivity index (χ3n) is 4.17. The second-order valence-electron chi connectivity index (χ2n) is 5.30. The SMILES string of the molecule is FC(F)(F)c1ccc(N2CCN[C@@H]3CCC[C@@H]32)cc1. The van der Waals surface area contributed by atoms with Crippen LogP contribution in [0.25, 0.3) is 0 Å². The van der Waals surface area contributed by atoms with Crippen LogP contribution in [-0.2, 0) is 6.18 Å². The van der Waals surface area contributed by atoms with Gasteiger partial charge in [-0.2, -0.15) is 13.2 Å². The molecule has 0 spiro atoms. The fourth-order valence-corrected chi connectivity index (χ4v) is 3.25. The summed E-state index contributed by atoms with van der Waals surface area (Å²) in [5.74, 6) is 0. The molecule has 0 radical (unpaired) electrons. The van der Waals surface area contributed by atoms with Crippen LogP contribution in [0.1, 0.15) is 24.8 Å². The van der Waals surface area contributed by atoms with E-state index < -0.39 is 11.7 Å². The number of halogens is 3. The van der Waals surface area contributed by atoms with Crippen molar-refractivity contribution >= 4 is 5.69 Å². The molecule has 2 aliphatic rings. The molecule has 0 bridgehead atoms. The first-order chi connectivity index (χ1) is 9.05. The minimum Gasteiger partial charge on any atom is -0.366 e. The molecule has 0 unspecified atom stereocenters. The summed E-state index contributed by atoms with van der Waals surface area (Å²) in [7, 11) is 0. The first kappa shape index (κ1) is 12.8. The summed E-state index contributed by atoms with van der Waals surface area (Å²) in [6.45, 7) is 1.77. The average molecular weight is 270 g/mol. The van der Waals surface area contributed by atoms with E-state index in [0.717, 1.165) is 25.2 Å². The molecule has 1 saturated heterocycles. The van der Waals surface area contributed by atoms with E-state index in [4.69, 9.17) is 0 Å². The Hall–Kier alpha value is -1.23. The van der Waals surface area contributed by atoms with Crippen LogP contribution in [0, 0.1) is 0 Å². The van der Waals surface area contributed by atoms with Gasteiger partial charge >= 0.3 is 6.18 Å². The van der Waals surface area contributed by atoms with Gasteiger partial charge in [0.1, 0.15) is 0 Å². The molecule has 2 nitrogen and oxygen atoms in total. The predicted molar refractivity (Wildman–Crippen MR) is 68.2 cm³/mol. The first-order valence-corrected chi connectivity index (χ1v) is 6.73. The second kappa shape index (κ2) is 4.71. The maximum Gasteiger partial charge on any atom is 0.416 e. The lowest BCUT2D eigenvalue weighted by atomic mass is 10.1. The number of nitrogens with one attached hydrogen (secondary N) is 1. The van der Waals surface area contributed by atoms with Crippen molar-refractivity contribution in [1.82, 2.24) is 5.32 Å². The number of alkyl halides is 3. The fraction of sp³-hybridized carbons (Fsp3) is 0.571. The number of anilines is 1. The van der Waals surface area contributed by atoms with E-state index in [0.29, 0.717) is 12.1 Å². The lowest BCUT2D eigenvalue weighted by Crippen LogP contribution is -2.55. The highest BCUT2D eigenvalue weighted by atomic mass is 19.4. The van der Waals surface area contributed by atoms with Gasteiger partial charge in [-0.1, -0.05) is 0 Å². The maximum absolute atomic E-state index is 12.6. The van der Waals surface area contributed by atoms with Gasteiger partial charge < -0.3 is 10.2 Å². The summed E-state index contributed by atoms with van der Waals surface area (Å²) in [5.41, 5.74) is 0.334. The summed E-state index contributed by atoms with van der Waals surface area (Å²) in [6, 6.07) is 6.50. The van der Waals surface area contributed by atoms with E-state index in [-0.39, 0.29) is 0 Å². The molecule has 19 heavy (non-hydrogen) atoms. The van der Waals surface area contributed by atoms with Crippen LogP contribution in [0.5, 0.6) is 0 Å². The molecular weight excluding hydrogens is 253 g/mol. The van der Waals surface area contributed by atoms with Gasteiger partial charge in [-0.15, -0.1) is 0 Å². The van der Waals surface area contributed by atoms with Crippen molar-refractivity contribution in [3.63, 3.8) is 0 Å². The highest BCUT2D eigenvalue weighted by Crippen LogP contribution is 2.33. The molecule has 0 aromatic heterocycles. The Balaban J connectivity index is 1.82. The summed E-state index contributed by atoms with van der Waals surface area (Å²) in [5, 5.41) is 3.49. The third-order valence-corrected chi connectivity index (χ3v) is 4.17. The minimum atomic E-state index is -4.25. The van der Waals surface area contributed by atoms with Crippen molar-refractivity contribution in [3.05, 3.63) is 29.8 Å². The number of hydrogen-bond acceptors (Lipinski definition) is 2. The molecule has 1 aliphatic heterocycles. The Morgan fingerprint density at radius 3 is 2.53 bits per heavy atom. The number of hydrogen-bond donors (Lipinski definition) is 1. The van der Waals surface area contributed by atoms with Crippen LogP contribution < -0.4 is 10.2 Å². The lowest BCUT2D eigenvalue weighted by Gasteiger charge is -2.40. The highest BCUT2D eigenvalue weighted by Gasteiger charge is 2.35. The van der Waals surface area contributed by atoms with Crippen molar-refractivity contribution in [1.29, 1.82) is 0 Å². The summed E-state index contributed by atoms with van der Waals surface area (Å²) in [4.78, 5) is 2.26. The zero-order chi connectivity index (χ0) is 13.5. The van der Waals surface area contributed by atoms with Gasteiger partial charge in [0.25, 0.3) is 0 Å². The Labute approximate surface area is 110 Å². The lowest BCUT2D eigenvalue weighted by molar-refractivity contribution is -0.137. The number of nitrogens with zero attached hydrogens (tertiary/aromatic N) is 1. The van der Waals surface area contributed by atoms with Crippen molar-refractivity contribution in [2.45, 2.75) is 37.5 Å². The summed E-state index contributed by atoms with van der Waals surface area (Å²) < 4.78 is 37.7. The van der Waals surface area contributed by atoms with Gasteiger partial charge in [0.2, 0.25) is 0 Å². The van der Waals surface area contributed by atoms with Crippen molar-refractivity contribution < 1.29 is 13.2 Å². The normalized spacial score (nSPS) is 27.4. The fourth-order valence-electron chi connectivity index (χ4n) is 3.25. The molecule has 1 aromatic rings. The highest BCUT2D eigenvalue weighted by molar-refractivity contribution is 5.50. The standard InChI is InChI=1S/C14H17F3N2/c15-14(16,17)10-4-6-11(7-5-10)19-9-8-18-12-2-1-3-13(12)19/h4-7,12-13,18H,1-3,8-9H2/t12-,13+/m1/s1. The molecule has 0 amide bonds. The topological polar surface area (TPSA) is 15.3 Å². The monoisotopic (exact) mass is 270 g/mol. The van der Waals surface area contributed by atoms with Gasteiger partial charge in [0.15, 0.2) is 0 Å². The largest absolute Gasteiger partial charge is 0.416 e. The Bertz CT molecular complexity index is 441. The van der Waals surface area contributed by atoms with Crippen LogP contribution in [0.15, 0.2) is 24.3 Å². The maximum atomic E-state index is 12.6. The average Bonchev–Trinajstić information content (AvgIpc) is 2.86. The third kappa shape index (κ3) is 2.43. The molecule has 1 aromatic carbocycles. The van der Waals surface area contributed by atoms with Gasteiger partial charge in [0, 0.05) is 30.9 Å². The molecule has 1 heterocycles.